The Labute approximate surface area is 304 Å². The molecule has 0 aliphatic carbocycles. The first-order chi connectivity index (χ1) is 17.0. The normalized spacial score (nSPS) is 7.32. The molecule has 0 atom stereocenters. The summed E-state index contributed by atoms with van der Waals surface area (Å²) in [4.78, 5) is 38.6. The van der Waals surface area contributed by atoms with Crippen LogP contribution in [0.2, 0.25) is 0 Å². The van der Waals surface area contributed by atoms with Crippen molar-refractivity contribution in [3.63, 3.8) is 0 Å². The van der Waals surface area contributed by atoms with Gasteiger partial charge in [-0.1, -0.05) is 0 Å². The van der Waals surface area contributed by atoms with Gasteiger partial charge >= 0.3 is 34.7 Å². The minimum atomic E-state index is -1.10. The summed E-state index contributed by atoms with van der Waals surface area (Å²) in [6.07, 6.45) is 0. The molecule has 0 bridgehead atoms. The molecule has 0 aromatic rings. The zero-order valence-corrected chi connectivity index (χ0v) is 29.8. The Morgan fingerprint density at radius 3 is 0.659 bits per heavy atom. The number of hydrogen-bond acceptors (Lipinski definition) is 16. The van der Waals surface area contributed by atoms with Crippen LogP contribution >= 0.6 is 0 Å². The van der Waals surface area contributed by atoms with Crippen LogP contribution in [0, 0.1) is 0 Å². The number of halogens is 4. The number of quaternary nitrogens is 2. The molecular formula is C18H50Cl4Cr2N10O10. The molecule has 0 amide bonds. The molecule has 20 nitrogen and oxygen atoms in total. The molecule has 0 aliphatic rings. The monoisotopic (exact) mass is 810 g/mol. The van der Waals surface area contributed by atoms with Gasteiger partial charge in [-0.3, -0.25) is 0 Å². The van der Waals surface area contributed by atoms with Gasteiger partial charge in [-0.25, -0.2) is 0 Å². The molecule has 0 heterocycles. The van der Waals surface area contributed by atoms with Gasteiger partial charge in [-0.2, -0.15) is 0 Å². The zero-order valence-electron chi connectivity index (χ0n) is 24.2. The third kappa shape index (κ3) is 161. The van der Waals surface area contributed by atoms with Crippen LogP contribution in [-0.4, -0.2) is 126 Å². The Hall–Kier alpha value is -0.375. The molecule has 22 N–H and O–H groups in total. The van der Waals surface area contributed by atoms with Crippen molar-refractivity contribution >= 4 is 23.9 Å². The van der Waals surface area contributed by atoms with Crippen LogP contribution in [0.4, 0.5) is 0 Å². The minimum Gasteiger partial charge on any atom is -1.00 e. The van der Waals surface area contributed by atoms with Crippen LogP contribution in [0.15, 0.2) is 0 Å². The molecule has 0 fully saturated rings. The molecule has 0 saturated heterocycles. The van der Waals surface area contributed by atoms with E-state index in [9.17, 15) is 39.6 Å². The number of nitrogens with one attached hydrogen (secondary N) is 4. The standard InChI is InChI=1S/4C4H10N2O2.C2H8N2.4ClH.2Cr.2H2O/c4*5-1-2-6-3-4(7)8;3-1-2-4;;;;;;;;/h4*6H,1-3,5H2,(H,7,8);1-4H2;4*1H;;;2*1H2/q;;;;;;;;;2*+3;;/p-6. The fourth-order valence-electron chi connectivity index (χ4n) is 1.17. The van der Waals surface area contributed by atoms with Crippen LogP contribution in [0.3, 0.4) is 0 Å². The maximum absolute atomic E-state index is 9.66. The van der Waals surface area contributed by atoms with Gasteiger partial charge < -0.3 is 156 Å². The molecule has 0 rings (SSSR count). The Kier molecular flexibility index (Phi) is 162. The van der Waals surface area contributed by atoms with Gasteiger partial charge in [0.05, 0.1) is 23.9 Å². The second-order valence-corrected chi connectivity index (χ2v) is 6.06. The van der Waals surface area contributed by atoms with E-state index in [0.717, 1.165) is 13.1 Å². The predicted molar refractivity (Wildman–Crippen MR) is 130 cm³/mol. The molecule has 272 valence electrons. The summed E-state index contributed by atoms with van der Waals surface area (Å²) in [6.45, 7) is 5.36. The van der Waals surface area contributed by atoms with Gasteiger partial charge in [0.15, 0.2) is 0 Å². The number of hydrogen-bond donors (Lipinski definition) is 10. The van der Waals surface area contributed by atoms with Crippen molar-refractivity contribution in [2.45, 2.75) is 0 Å². The molecule has 0 spiro atoms. The largest absolute Gasteiger partial charge is 3.00 e. The first-order valence-corrected chi connectivity index (χ1v) is 11.0. The van der Waals surface area contributed by atoms with Gasteiger partial charge in [0, 0.05) is 78.5 Å². The molecule has 26 heteroatoms. The van der Waals surface area contributed by atoms with Crippen LogP contribution < -0.4 is 126 Å². The number of carbonyl (C=O) groups is 4. The molecule has 0 aromatic heterocycles. The SMILES string of the molecule is NCCNCC(=O)[O-].NCCNCC(=O)[O-].NCCNCC(=O)[O-].NCCNCC(=O)[O-].O.O.[Cl-].[Cl-].[Cl-].[Cl-].[Cr+3].[Cr+3].[NH3+]CC[NH3+]. The predicted octanol–water partition coefficient (Wildman–Crippen LogP) is -27.0. The number of aliphatic carboxylic acids is 4. The van der Waals surface area contributed by atoms with Crippen molar-refractivity contribution in [2.75, 3.05) is 91.6 Å². The Balaban J connectivity index is -0.0000000240. The van der Waals surface area contributed by atoms with Crippen molar-refractivity contribution in [1.82, 2.24) is 21.3 Å². The molecule has 0 unspecified atom stereocenters. The third-order valence-corrected chi connectivity index (χ3v) is 2.61. The minimum absolute atomic E-state index is 0. The first-order valence-electron chi connectivity index (χ1n) is 11.0. The Bertz CT molecular complexity index is 444. The van der Waals surface area contributed by atoms with E-state index in [0.29, 0.717) is 52.4 Å². The number of rotatable bonds is 17. The average Bonchev–Trinajstić information content (AvgIpc) is 2.80. The molecular weight excluding hydrogens is 762 g/mol. The van der Waals surface area contributed by atoms with E-state index in [1.54, 1.807) is 0 Å². The van der Waals surface area contributed by atoms with Gasteiger partial charge in [0.25, 0.3) is 0 Å². The van der Waals surface area contributed by atoms with Gasteiger partial charge in [-0.15, -0.1) is 0 Å². The van der Waals surface area contributed by atoms with Crippen molar-refractivity contribution in [3.05, 3.63) is 0 Å². The number of carboxylic acid groups (broad SMARTS) is 4. The van der Waals surface area contributed by atoms with E-state index in [1.165, 1.54) is 0 Å². The zero-order chi connectivity index (χ0) is 29.0. The van der Waals surface area contributed by atoms with E-state index in [1.807, 2.05) is 0 Å². The van der Waals surface area contributed by atoms with E-state index in [-0.39, 0.29) is 121 Å². The van der Waals surface area contributed by atoms with E-state index in [4.69, 9.17) is 22.9 Å². The Morgan fingerprint density at radius 1 is 0.455 bits per heavy atom. The van der Waals surface area contributed by atoms with E-state index < -0.39 is 23.9 Å². The van der Waals surface area contributed by atoms with Crippen molar-refractivity contribution < 1.29 is 146 Å². The van der Waals surface area contributed by atoms with Gasteiger partial charge in [0.1, 0.15) is 13.1 Å². The van der Waals surface area contributed by atoms with Crippen molar-refractivity contribution in [3.8, 4) is 0 Å². The van der Waals surface area contributed by atoms with Crippen LogP contribution in [0.25, 0.3) is 0 Å². The molecule has 0 aliphatic heterocycles. The quantitative estimate of drug-likeness (QED) is 0.0610. The fourth-order valence-corrected chi connectivity index (χ4v) is 1.17. The summed E-state index contributed by atoms with van der Waals surface area (Å²) in [5, 5.41) is 48.8. The maximum atomic E-state index is 9.66. The smallest absolute Gasteiger partial charge is 1.00 e. The number of carboxylic acids is 4. The summed E-state index contributed by atoms with van der Waals surface area (Å²) in [5.74, 6) is -4.39. The van der Waals surface area contributed by atoms with Crippen molar-refractivity contribution in [2.24, 2.45) is 22.9 Å². The van der Waals surface area contributed by atoms with Gasteiger partial charge in [0.2, 0.25) is 0 Å². The molecule has 0 saturated carbocycles. The summed E-state index contributed by atoms with van der Waals surface area (Å²) < 4.78 is 0. The molecule has 44 heavy (non-hydrogen) atoms. The van der Waals surface area contributed by atoms with E-state index >= 15 is 0 Å². The van der Waals surface area contributed by atoms with Crippen LogP contribution in [0.5, 0.6) is 0 Å². The summed E-state index contributed by atoms with van der Waals surface area (Å²) in [7, 11) is 0. The van der Waals surface area contributed by atoms with Crippen LogP contribution in [0.1, 0.15) is 0 Å². The topological polar surface area (TPSA) is 431 Å². The first kappa shape index (κ1) is 84.5. The third-order valence-electron chi connectivity index (χ3n) is 2.61. The second kappa shape index (κ2) is 84.2. The summed E-state index contributed by atoms with van der Waals surface area (Å²) in [6, 6.07) is 0. The second-order valence-electron chi connectivity index (χ2n) is 6.06. The maximum Gasteiger partial charge on any atom is 3.00 e. The van der Waals surface area contributed by atoms with Gasteiger partial charge in [-0.05, 0) is 0 Å². The van der Waals surface area contributed by atoms with Crippen LogP contribution in [-0.2, 0) is 53.9 Å². The summed E-state index contributed by atoms with van der Waals surface area (Å²) in [5.41, 5.74) is 27.2. The molecule has 0 aromatic carbocycles. The Morgan fingerprint density at radius 2 is 0.591 bits per heavy atom. The van der Waals surface area contributed by atoms with Crippen molar-refractivity contribution in [1.29, 1.82) is 0 Å². The summed E-state index contributed by atoms with van der Waals surface area (Å²) >= 11 is 0. The number of carbonyl (C=O) groups excluding carboxylic acids is 4. The average molecular weight is 812 g/mol. The number of nitrogens with two attached hydrogens (primary N) is 4. The molecule has 2 radical (unpaired) electrons. The van der Waals surface area contributed by atoms with E-state index in [2.05, 4.69) is 32.7 Å². The fraction of sp³-hybridized carbons (Fsp3) is 0.778.